The van der Waals surface area contributed by atoms with Gasteiger partial charge in [-0.15, -0.1) is 0 Å². The van der Waals surface area contributed by atoms with Crippen molar-refractivity contribution < 1.29 is 85.3 Å². The molecule has 99 heavy (non-hydrogen) atoms. The van der Waals surface area contributed by atoms with E-state index in [4.69, 9.17) is 95.2 Å². The van der Waals surface area contributed by atoms with Crippen molar-refractivity contribution in [3.63, 3.8) is 0 Å². The Balaban J connectivity index is 1.10. The predicted octanol–water partition coefficient (Wildman–Crippen LogP) is 11.7. The van der Waals surface area contributed by atoms with Gasteiger partial charge in [-0.25, -0.2) is 0 Å². The maximum absolute atomic E-state index is 10.5. The van der Waals surface area contributed by atoms with Crippen molar-refractivity contribution in [3.8, 4) is 46.4 Å². The number of fused-ring (bicyclic) bond motifs is 1. The molecule has 4 heterocycles. The molecule has 0 amide bonds. The largest absolute Gasteiger partial charge is 0.497 e. The number of aromatic nitrogens is 3. The van der Waals surface area contributed by atoms with Crippen molar-refractivity contribution in [1.29, 1.82) is 5.26 Å². The van der Waals surface area contributed by atoms with Crippen molar-refractivity contribution in [2.75, 3.05) is 82.0 Å². The van der Waals surface area contributed by atoms with Crippen molar-refractivity contribution in [2.45, 2.75) is 133 Å². The van der Waals surface area contributed by atoms with Gasteiger partial charge in [0.05, 0.1) is 114 Å². The van der Waals surface area contributed by atoms with E-state index in [9.17, 15) is 5.26 Å². The number of hydrogen-bond donors (Lipinski definition) is 1. The van der Waals surface area contributed by atoms with Gasteiger partial charge in [0.2, 0.25) is 11.8 Å². The zero-order valence-corrected chi connectivity index (χ0v) is 59.1. The summed E-state index contributed by atoms with van der Waals surface area (Å²) in [6.07, 6.45) is -8.57. The van der Waals surface area contributed by atoms with Gasteiger partial charge in [0.15, 0.2) is 18.2 Å². The smallest absolute Gasteiger partial charge is 0.230 e. The molecule has 0 unspecified atom stereocenters. The fraction of sp³-hybridized carbons (Fsp3) is 0.427. The van der Waals surface area contributed by atoms with Crippen LogP contribution in [0.15, 0.2) is 152 Å². The molecule has 1 N–H and O–H groups in total. The molecule has 2 aromatic heterocycles. The first-order valence-corrected chi connectivity index (χ1v) is 36.5. The fourth-order valence-corrected chi connectivity index (χ4v) is 12.3. The van der Waals surface area contributed by atoms with Crippen molar-refractivity contribution in [1.82, 2.24) is 14.5 Å². The molecule has 6 aromatic carbocycles. The van der Waals surface area contributed by atoms with Crippen LogP contribution in [0.1, 0.15) is 38.9 Å². The second-order valence-electron chi connectivity index (χ2n) is 25.0. The Hall–Kier alpha value is -8.39. The molecule has 2 aliphatic rings. The number of nitrogens with zero attached hydrogens (tertiary/aromatic N) is 4. The molecular weight excluding hydrogens is 1290 g/mol. The summed E-state index contributed by atoms with van der Waals surface area (Å²) in [5.74, 6) is 4.35. The normalized spacial score (nSPS) is 20.8. The molecule has 2 saturated heterocycles. The second-order valence-corrected chi connectivity index (χ2v) is 30.7. The molecule has 10 atom stereocenters. The summed E-state index contributed by atoms with van der Waals surface area (Å²) in [4.78, 5) is 10.0. The van der Waals surface area contributed by atoms with Gasteiger partial charge in [-0.05, 0) is 112 Å². The van der Waals surface area contributed by atoms with Crippen LogP contribution in [0.4, 0.5) is 5.95 Å². The summed E-state index contributed by atoms with van der Waals surface area (Å²) in [5.41, 5.74) is 5.79. The molecule has 0 bridgehead atoms. The summed E-state index contributed by atoms with van der Waals surface area (Å²) in [6.45, 7) is 8.18. The van der Waals surface area contributed by atoms with Crippen LogP contribution >= 0.6 is 0 Å². The third kappa shape index (κ3) is 20.0. The summed E-state index contributed by atoms with van der Waals surface area (Å²) >= 11 is 0. The average molecular weight is 1380 g/mol. The number of nitrogens with one attached hydrogen (secondary N) is 1. The molecule has 24 heteroatoms. The lowest BCUT2D eigenvalue weighted by molar-refractivity contribution is -0.360. The third-order valence-corrected chi connectivity index (χ3v) is 18.8. The Morgan fingerprint density at radius 1 is 0.455 bits per heavy atom. The van der Waals surface area contributed by atoms with Crippen molar-refractivity contribution in [2.24, 2.45) is 0 Å². The Morgan fingerprint density at radius 2 is 0.848 bits per heavy atom. The van der Waals surface area contributed by atoms with Crippen LogP contribution in [0.3, 0.4) is 0 Å². The second kappa shape index (κ2) is 36.1. The number of methoxy groups -OCH3 is 8. The SMILES string of the molecule is COc1ccc(COC[C@H]2O[C@@H](Nc3nc(OC)c4c(C#N)cn(COCC[Si](C)(C)C)c4n3)[C@H](OCc3ccc(OC)cc3)[C@@H](OCc3ccc(OC)cc3)[C@@H]2O[C@@H]2O[C@H](COCc3ccc(OC)cc3)[C@@H](OC)[C@H](OCc3ccc(OC)cc3)[C@H]2OCc2ccc(OC)cc2)cc1. The maximum atomic E-state index is 10.5. The minimum absolute atomic E-state index is 0.0300. The van der Waals surface area contributed by atoms with E-state index in [0.29, 0.717) is 52.0 Å². The van der Waals surface area contributed by atoms with Crippen molar-refractivity contribution >= 4 is 25.1 Å². The van der Waals surface area contributed by atoms with Crippen LogP contribution in [0.5, 0.6) is 40.4 Å². The maximum Gasteiger partial charge on any atom is 0.230 e. The fourth-order valence-electron chi connectivity index (χ4n) is 11.5. The highest BCUT2D eigenvalue weighted by Crippen LogP contribution is 2.38. The number of anilines is 1. The van der Waals surface area contributed by atoms with Crippen LogP contribution in [-0.2, 0) is 98.5 Å². The van der Waals surface area contributed by atoms with Crippen LogP contribution in [-0.4, -0.2) is 161 Å². The Labute approximate surface area is 580 Å². The molecule has 23 nitrogen and oxygen atoms in total. The highest BCUT2D eigenvalue weighted by molar-refractivity contribution is 6.76. The summed E-state index contributed by atoms with van der Waals surface area (Å²) in [6, 6.07) is 49.0. The lowest BCUT2D eigenvalue weighted by Gasteiger charge is -2.50. The van der Waals surface area contributed by atoms with E-state index in [2.05, 4.69) is 31.0 Å². The molecule has 0 spiro atoms. The molecule has 0 aliphatic carbocycles. The lowest BCUT2D eigenvalue weighted by Crippen LogP contribution is -2.67. The first-order valence-electron chi connectivity index (χ1n) is 32.8. The van der Waals surface area contributed by atoms with Gasteiger partial charge >= 0.3 is 0 Å². The van der Waals surface area contributed by atoms with E-state index in [0.717, 1.165) is 45.2 Å². The Bertz CT molecular complexity index is 3780. The number of nitriles is 1. The number of benzene rings is 6. The number of rotatable bonds is 37. The highest BCUT2D eigenvalue weighted by atomic mass is 28.3. The molecule has 0 radical (unpaired) electrons. The van der Waals surface area contributed by atoms with Gasteiger partial charge < -0.3 is 95.1 Å². The first-order chi connectivity index (χ1) is 48.2. The molecule has 2 fully saturated rings. The lowest BCUT2D eigenvalue weighted by atomic mass is 9.95. The van der Waals surface area contributed by atoms with E-state index in [1.165, 1.54) is 7.11 Å². The van der Waals surface area contributed by atoms with Crippen LogP contribution < -0.4 is 38.5 Å². The van der Waals surface area contributed by atoms with Crippen LogP contribution in [0, 0.1) is 11.3 Å². The summed E-state index contributed by atoms with van der Waals surface area (Å²) in [5, 5.41) is 14.4. The highest BCUT2D eigenvalue weighted by Gasteiger charge is 2.54. The Morgan fingerprint density at radius 3 is 1.24 bits per heavy atom. The number of hydrogen-bond acceptors (Lipinski definition) is 22. The molecule has 2 aliphatic heterocycles. The van der Waals surface area contributed by atoms with Gasteiger partial charge in [0, 0.05) is 28.0 Å². The monoisotopic (exact) mass is 1380 g/mol. The van der Waals surface area contributed by atoms with E-state index in [1.54, 1.807) is 60.5 Å². The zero-order chi connectivity index (χ0) is 69.7. The quantitative estimate of drug-likeness (QED) is 0.0282. The molecule has 10 rings (SSSR count). The van der Waals surface area contributed by atoms with E-state index < -0.39 is 69.4 Å². The standard InChI is InChI=1S/C75H91N5O18Si/c1-81-56-24-12-49(13-25-56)40-90-46-62-65(87-7)67(92-42-51-16-28-58(83-3)29-17-51)70(95-45-54-22-34-61(86-6)35-23-54)74(97-62)98-66-63(47-91-41-50-14-26-57(82-2)27-15-50)96-73(79-75-77-71-64(72(78-75)88-8)55(38-76)39-80(71)48-89-36-37-99(9,10)11)69(94-44-53-20-32-60(85-5)33-21-53)68(66)93-43-52-18-30-59(84-4)31-19-52/h12-35,39,62-63,65-70,73-74H,36-37,40-48H2,1-11H3,(H,77,78,79)/t62-,63-,65-,66-,67+,68+,69-,70-,73-,74+/m1/s1. The van der Waals surface area contributed by atoms with E-state index in [1.807, 2.05) is 146 Å². The minimum Gasteiger partial charge on any atom is -0.497 e. The van der Waals surface area contributed by atoms with Gasteiger partial charge in [-0.1, -0.05) is 92.4 Å². The molecule has 0 saturated carbocycles. The van der Waals surface area contributed by atoms with Crippen LogP contribution in [0.2, 0.25) is 25.7 Å². The average Bonchev–Trinajstić information content (AvgIpc) is 1.77. The van der Waals surface area contributed by atoms with E-state index in [-0.39, 0.29) is 71.4 Å². The third-order valence-electron chi connectivity index (χ3n) is 17.1. The first kappa shape index (κ1) is 73.3. The van der Waals surface area contributed by atoms with Gasteiger partial charge in [0.1, 0.15) is 96.1 Å². The van der Waals surface area contributed by atoms with Crippen LogP contribution in [0.25, 0.3) is 11.0 Å². The molecule has 528 valence electrons. The minimum atomic E-state index is -1.45. The zero-order valence-electron chi connectivity index (χ0n) is 58.1. The summed E-state index contributed by atoms with van der Waals surface area (Å²) in [7, 11) is 11.4. The topological polar surface area (TPSA) is 233 Å². The van der Waals surface area contributed by atoms with Gasteiger partial charge in [-0.3, -0.25) is 0 Å². The van der Waals surface area contributed by atoms with Gasteiger partial charge in [0.25, 0.3) is 0 Å². The van der Waals surface area contributed by atoms with Crippen molar-refractivity contribution in [3.05, 3.63) is 191 Å². The Kier molecular flexibility index (Phi) is 26.7. The molecular formula is C75H91N5O18Si. The summed E-state index contributed by atoms with van der Waals surface area (Å²) < 4.78 is 118. The van der Waals surface area contributed by atoms with Gasteiger partial charge in [-0.2, -0.15) is 15.2 Å². The predicted molar refractivity (Wildman–Crippen MR) is 371 cm³/mol. The molecule has 8 aromatic rings. The van der Waals surface area contributed by atoms with E-state index >= 15 is 0 Å². The number of ether oxygens (including phenoxy) is 18.